The third kappa shape index (κ3) is 5.77. The third-order valence-corrected chi connectivity index (χ3v) is 4.24. The molecule has 0 aliphatic carbocycles. The normalized spacial score (nSPS) is 17.7. The molecule has 1 unspecified atom stereocenters. The standard InChI is InChI=1S/C18H25FN2O2/c1-2-3-4-17(22)13-21-11-9-14(10-12-21)18(23)20-16-7-5-15(19)6-8-16/h2,5-8,14,17,22H,1,3-4,9-13H2,(H,20,23). The number of nitrogens with zero attached hydrogens (tertiary/aromatic N) is 1. The van der Waals surface area contributed by atoms with Crippen molar-refractivity contribution in [2.24, 2.45) is 5.92 Å². The summed E-state index contributed by atoms with van der Waals surface area (Å²) in [5, 5.41) is 12.8. The Morgan fingerprint density at radius 1 is 1.39 bits per heavy atom. The van der Waals surface area contributed by atoms with E-state index in [9.17, 15) is 14.3 Å². The van der Waals surface area contributed by atoms with Gasteiger partial charge in [0.05, 0.1) is 6.10 Å². The van der Waals surface area contributed by atoms with Crippen molar-refractivity contribution in [3.63, 3.8) is 0 Å². The van der Waals surface area contributed by atoms with Crippen LogP contribution in [0.3, 0.4) is 0 Å². The van der Waals surface area contributed by atoms with Crippen molar-refractivity contribution < 1.29 is 14.3 Å². The number of piperidine rings is 1. The molecule has 1 heterocycles. The van der Waals surface area contributed by atoms with Gasteiger partial charge in [0.2, 0.25) is 5.91 Å². The summed E-state index contributed by atoms with van der Waals surface area (Å²) in [6, 6.07) is 5.81. The van der Waals surface area contributed by atoms with Crippen molar-refractivity contribution in [2.75, 3.05) is 25.0 Å². The number of rotatable bonds is 7. The zero-order valence-corrected chi connectivity index (χ0v) is 13.4. The van der Waals surface area contributed by atoms with E-state index < -0.39 is 0 Å². The molecule has 0 saturated carbocycles. The van der Waals surface area contributed by atoms with Crippen LogP contribution in [0, 0.1) is 11.7 Å². The van der Waals surface area contributed by atoms with E-state index in [1.807, 2.05) is 6.08 Å². The molecule has 1 atom stereocenters. The SMILES string of the molecule is C=CCCC(O)CN1CCC(C(=O)Nc2ccc(F)cc2)CC1. The zero-order chi connectivity index (χ0) is 16.7. The first-order valence-corrected chi connectivity index (χ1v) is 8.16. The number of hydrogen-bond acceptors (Lipinski definition) is 3. The minimum Gasteiger partial charge on any atom is -0.392 e. The quantitative estimate of drug-likeness (QED) is 0.760. The van der Waals surface area contributed by atoms with Gasteiger partial charge in [-0.25, -0.2) is 4.39 Å². The fraction of sp³-hybridized carbons (Fsp3) is 0.500. The molecular weight excluding hydrogens is 295 g/mol. The Hall–Kier alpha value is -1.72. The Balaban J connectivity index is 1.74. The highest BCUT2D eigenvalue weighted by Gasteiger charge is 2.25. The molecule has 1 aliphatic heterocycles. The van der Waals surface area contributed by atoms with E-state index in [-0.39, 0.29) is 23.7 Å². The van der Waals surface area contributed by atoms with Crippen LogP contribution in [-0.4, -0.2) is 41.7 Å². The number of halogens is 1. The topological polar surface area (TPSA) is 52.6 Å². The first-order chi connectivity index (χ1) is 11.1. The van der Waals surface area contributed by atoms with Crippen molar-refractivity contribution in [2.45, 2.75) is 31.8 Å². The van der Waals surface area contributed by atoms with Crippen LogP contribution < -0.4 is 5.32 Å². The molecule has 0 spiro atoms. The Bertz CT molecular complexity index is 510. The molecule has 5 heteroatoms. The molecule has 0 aromatic heterocycles. The highest BCUT2D eigenvalue weighted by Crippen LogP contribution is 2.20. The number of carbonyl (C=O) groups is 1. The summed E-state index contributed by atoms with van der Waals surface area (Å²) < 4.78 is 12.9. The number of likely N-dealkylation sites (tertiary alicyclic amines) is 1. The van der Waals surface area contributed by atoms with Crippen molar-refractivity contribution in [1.29, 1.82) is 0 Å². The largest absolute Gasteiger partial charge is 0.392 e. The van der Waals surface area contributed by atoms with Crippen molar-refractivity contribution in [1.82, 2.24) is 4.90 Å². The molecule has 1 fully saturated rings. The minimum atomic E-state index is -0.336. The smallest absolute Gasteiger partial charge is 0.227 e. The van der Waals surface area contributed by atoms with Crippen LogP contribution in [0.15, 0.2) is 36.9 Å². The molecule has 1 amide bonds. The number of β-amino-alcohol motifs (C(OH)–C–C–N with tert-alkyl or cyclic N) is 1. The summed E-state index contributed by atoms with van der Waals surface area (Å²) >= 11 is 0. The Kier molecular flexibility index (Phi) is 6.74. The number of anilines is 1. The second-order valence-corrected chi connectivity index (χ2v) is 6.09. The minimum absolute atomic E-state index is 0.0107. The summed E-state index contributed by atoms with van der Waals surface area (Å²) in [5.74, 6) is -0.351. The van der Waals surface area contributed by atoms with E-state index in [1.165, 1.54) is 12.1 Å². The number of carbonyl (C=O) groups excluding carboxylic acids is 1. The first-order valence-electron chi connectivity index (χ1n) is 8.16. The predicted octanol–water partition coefficient (Wildman–Crippen LogP) is 2.80. The maximum absolute atomic E-state index is 12.9. The molecule has 4 nitrogen and oxygen atoms in total. The van der Waals surface area contributed by atoms with Gasteiger partial charge in [0.25, 0.3) is 0 Å². The van der Waals surface area contributed by atoms with Crippen LogP contribution in [0.4, 0.5) is 10.1 Å². The number of amides is 1. The summed E-state index contributed by atoms with van der Waals surface area (Å²) in [7, 11) is 0. The van der Waals surface area contributed by atoms with Gasteiger partial charge in [-0.15, -0.1) is 6.58 Å². The second-order valence-electron chi connectivity index (χ2n) is 6.09. The monoisotopic (exact) mass is 320 g/mol. The molecule has 0 radical (unpaired) electrons. The number of allylic oxidation sites excluding steroid dienone is 1. The molecule has 1 saturated heterocycles. The number of benzene rings is 1. The Morgan fingerprint density at radius 3 is 2.65 bits per heavy atom. The molecule has 2 N–H and O–H groups in total. The number of aliphatic hydroxyl groups is 1. The van der Waals surface area contributed by atoms with E-state index in [0.29, 0.717) is 12.2 Å². The lowest BCUT2D eigenvalue weighted by Gasteiger charge is -2.32. The fourth-order valence-corrected chi connectivity index (χ4v) is 2.85. The molecule has 1 aromatic rings. The van der Waals surface area contributed by atoms with Gasteiger partial charge in [-0.05, 0) is 63.0 Å². The van der Waals surface area contributed by atoms with Crippen LogP contribution in [0.25, 0.3) is 0 Å². The van der Waals surface area contributed by atoms with Crippen molar-refractivity contribution in [3.05, 3.63) is 42.7 Å². The molecule has 126 valence electrons. The van der Waals surface area contributed by atoms with Gasteiger partial charge in [0, 0.05) is 18.2 Å². The van der Waals surface area contributed by atoms with E-state index in [1.54, 1.807) is 12.1 Å². The number of nitrogens with one attached hydrogen (secondary N) is 1. The van der Waals surface area contributed by atoms with Gasteiger partial charge in [0.15, 0.2) is 0 Å². The lowest BCUT2D eigenvalue weighted by atomic mass is 9.95. The summed E-state index contributed by atoms with van der Waals surface area (Å²) in [5.41, 5.74) is 0.624. The second kappa shape index (κ2) is 8.79. The van der Waals surface area contributed by atoms with Gasteiger partial charge in [-0.1, -0.05) is 6.08 Å². The predicted molar refractivity (Wildman–Crippen MR) is 89.6 cm³/mol. The molecular formula is C18H25FN2O2. The summed E-state index contributed by atoms with van der Waals surface area (Å²) in [6.07, 6.45) is 4.58. The van der Waals surface area contributed by atoms with Gasteiger partial charge >= 0.3 is 0 Å². The summed E-state index contributed by atoms with van der Waals surface area (Å²) in [4.78, 5) is 14.4. The van der Waals surface area contributed by atoms with Crippen LogP contribution in [-0.2, 0) is 4.79 Å². The average Bonchev–Trinajstić information content (AvgIpc) is 2.55. The van der Waals surface area contributed by atoms with Crippen LogP contribution in [0.1, 0.15) is 25.7 Å². The number of aliphatic hydroxyl groups excluding tert-OH is 1. The molecule has 2 rings (SSSR count). The fourth-order valence-electron chi connectivity index (χ4n) is 2.85. The van der Waals surface area contributed by atoms with Crippen LogP contribution in [0.5, 0.6) is 0 Å². The van der Waals surface area contributed by atoms with E-state index in [0.717, 1.165) is 38.8 Å². The number of hydrogen-bond donors (Lipinski definition) is 2. The molecule has 23 heavy (non-hydrogen) atoms. The maximum Gasteiger partial charge on any atom is 0.227 e. The van der Waals surface area contributed by atoms with Crippen molar-refractivity contribution in [3.8, 4) is 0 Å². The van der Waals surface area contributed by atoms with Crippen LogP contribution in [0.2, 0.25) is 0 Å². The Labute approximate surface area is 137 Å². The molecule has 1 aromatic carbocycles. The highest BCUT2D eigenvalue weighted by atomic mass is 19.1. The third-order valence-electron chi connectivity index (χ3n) is 4.24. The molecule has 1 aliphatic rings. The van der Waals surface area contributed by atoms with Gasteiger partial charge < -0.3 is 15.3 Å². The average molecular weight is 320 g/mol. The van der Waals surface area contributed by atoms with Gasteiger partial charge in [-0.2, -0.15) is 0 Å². The summed E-state index contributed by atoms with van der Waals surface area (Å²) in [6.45, 7) is 5.94. The van der Waals surface area contributed by atoms with Crippen molar-refractivity contribution >= 4 is 11.6 Å². The van der Waals surface area contributed by atoms with Crippen LogP contribution >= 0.6 is 0 Å². The lowest BCUT2D eigenvalue weighted by molar-refractivity contribution is -0.121. The van der Waals surface area contributed by atoms with E-state index in [4.69, 9.17) is 0 Å². The van der Waals surface area contributed by atoms with Gasteiger partial charge in [-0.3, -0.25) is 4.79 Å². The first kappa shape index (κ1) is 17.6. The lowest BCUT2D eigenvalue weighted by Crippen LogP contribution is -2.41. The zero-order valence-electron chi connectivity index (χ0n) is 13.4. The Morgan fingerprint density at radius 2 is 2.04 bits per heavy atom. The van der Waals surface area contributed by atoms with Gasteiger partial charge in [0.1, 0.15) is 5.82 Å². The highest BCUT2D eigenvalue weighted by molar-refractivity contribution is 5.92. The maximum atomic E-state index is 12.9. The van der Waals surface area contributed by atoms with E-state index in [2.05, 4.69) is 16.8 Å². The van der Waals surface area contributed by atoms with E-state index >= 15 is 0 Å². The molecule has 0 bridgehead atoms.